The number of pyridine rings is 3. The van der Waals surface area contributed by atoms with Crippen molar-refractivity contribution in [3.63, 3.8) is 0 Å². The summed E-state index contributed by atoms with van der Waals surface area (Å²) in [5.74, 6) is 1.90. The summed E-state index contributed by atoms with van der Waals surface area (Å²) < 4.78 is 0. The maximum absolute atomic E-state index is 12.3. The second-order valence-corrected chi connectivity index (χ2v) is 7.11. The molecule has 3 atom stereocenters. The SMILES string of the molecule is Cc1ccncc1-c1cc2cc(NC(=O)[C@H]3[C@H](C)[C@@H]3C)ncc2c(N)n1. The zero-order valence-electron chi connectivity index (χ0n) is 15.0. The number of aryl methyl sites for hydroxylation is 1. The van der Waals surface area contributed by atoms with Crippen LogP contribution in [0.5, 0.6) is 0 Å². The zero-order valence-corrected chi connectivity index (χ0v) is 15.0. The van der Waals surface area contributed by atoms with E-state index < -0.39 is 0 Å². The number of nitrogens with one attached hydrogen (secondary N) is 1. The van der Waals surface area contributed by atoms with Gasteiger partial charge >= 0.3 is 0 Å². The average Bonchev–Trinajstić information content (AvgIpc) is 3.21. The molecular formula is C20H21N5O. The smallest absolute Gasteiger partial charge is 0.229 e. The van der Waals surface area contributed by atoms with Gasteiger partial charge in [-0.2, -0.15) is 0 Å². The molecule has 0 spiro atoms. The van der Waals surface area contributed by atoms with Gasteiger partial charge in [0, 0.05) is 35.5 Å². The first-order chi connectivity index (χ1) is 12.5. The number of hydrogen-bond donors (Lipinski definition) is 2. The Morgan fingerprint density at radius 3 is 2.65 bits per heavy atom. The molecule has 26 heavy (non-hydrogen) atoms. The van der Waals surface area contributed by atoms with Crippen molar-refractivity contribution in [3.8, 4) is 11.3 Å². The lowest BCUT2D eigenvalue weighted by Crippen LogP contribution is -2.16. The summed E-state index contributed by atoms with van der Waals surface area (Å²) in [5.41, 5.74) is 8.90. The predicted molar refractivity (Wildman–Crippen MR) is 102 cm³/mol. The fraction of sp³-hybridized carbons (Fsp3) is 0.300. The molecule has 3 aromatic rings. The van der Waals surface area contributed by atoms with E-state index in [0.29, 0.717) is 23.5 Å². The van der Waals surface area contributed by atoms with Crippen LogP contribution in [0, 0.1) is 24.7 Å². The van der Waals surface area contributed by atoms with Gasteiger partial charge in [0.2, 0.25) is 5.91 Å². The summed E-state index contributed by atoms with van der Waals surface area (Å²) in [6.07, 6.45) is 5.19. The number of anilines is 2. The lowest BCUT2D eigenvalue weighted by Gasteiger charge is -2.10. The van der Waals surface area contributed by atoms with Crippen molar-refractivity contribution in [3.05, 3.63) is 42.4 Å². The maximum Gasteiger partial charge on any atom is 0.229 e. The van der Waals surface area contributed by atoms with Crippen LogP contribution in [0.2, 0.25) is 0 Å². The molecule has 1 fully saturated rings. The molecule has 1 amide bonds. The molecule has 0 saturated heterocycles. The highest BCUT2D eigenvalue weighted by molar-refractivity contribution is 5.98. The van der Waals surface area contributed by atoms with Crippen LogP contribution in [0.25, 0.3) is 22.0 Å². The number of nitrogens with zero attached hydrogens (tertiary/aromatic N) is 3. The van der Waals surface area contributed by atoms with E-state index >= 15 is 0 Å². The van der Waals surface area contributed by atoms with E-state index in [1.807, 2.05) is 25.1 Å². The average molecular weight is 347 g/mol. The normalized spacial score (nSPS) is 21.6. The minimum absolute atomic E-state index is 0.0298. The van der Waals surface area contributed by atoms with E-state index in [1.165, 1.54) is 0 Å². The fourth-order valence-electron chi connectivity index (χ4n) is 3.46. The minimum Gasteiger partial charge on any atom is -0.383 e. The topological polar surface area (TPSA) is 93.8 Å². The Labute approximate surface area is 151 Å². The van der Waals surface area contributed by atoms with Gasteiger partial charge in [0.25, 0.3) is 0 Å². The van der Waals surface area contributed by atoms with Gasteiger partial charge in [0.05, 0.1) is 5.69 Å². The van der Waals surface area contributed by atoms with Crippen molar-refractivity contribution in [1.82, 2.24) is 15.0 Å². The van der Waals surface area contributed by atoms with E-state index in [1.54, 1.807) is 18.6 Å². The van der Waals surface area contributed by atoms with Crippen LogP contribution in [0.15, 0.2) is 36.8 Å². The van der Waals surface area contributed by atoms with Crippen LogP contribution < -0.4 is 11.1 Å². The van der Waals surface area contributed by atoms with Gasteiger partial charge in [-0.25, -0.2) is 9.97 Å². The molecule has 0 unspecified atom stereocenters. The molecular weight excluding hydrogens is 326 g/mol. The summed E-state index contributed by atoms with van der Waals surface area (Å²) in [4.78, 5) is 25.3. The van der Waals surface area contributed by atoms with E-state index in [4.69, 9.17) is 5.73 Å². The van der Waals surface area contributed by atoms with Crippen LogP contribution in [-0.4, -0.2) is 20.9 Å². The number of nitrogen functional groups attached to an aromatic ring is 1. The molecule has 4 rings (SSSR count). The van der Waals surface area contributed by atoms with Crippen molar-refractivity contribution in [2.75, 3.05) is 11.1 Å². The van der Waals surface area contributed by atoms with Gasteiger partial charge < -0.3 is 11.1 Å². The van der Waals surface area contributed by atoms with Crippen molar-refractivity contribution in [2.24, 2.45) is 17.8 Å². The van der Waals surface area contributed by atoms with Crippen LogP contribution in [-0.2, 0) is 4.79 Å². The van der Waals surface area contributed by atoms with Crippen molar-refractivity contribution >= 4 is 28.3 Å². The Morgan fingerprint density at radius 2 is 1.96 bits per heavy atom. The zero-order chi connectivity index (χ0) is 18.4. The van der Waals surface area contributed by atoms with Gasteiger partial charge in [-0.1, -0.05) is 13.8 Å². The Balaban J connectivity index is 1.71. The fourth-order valence-corrected chi connectivity index (χ4v) is 3.46. The molecule has 0 aliphatic heterocycles. The number of hydrogen-bond acceptors (Lipinski definition) is 5. The molecule has 1 saturated carbocycles. The second kappa shape index (κ2) is 6.05. The molecule has 6 heteroatoms. The Kier molecular flexibility index (Phi) is 3.83. The van der Waals surface area contributed by atoms with E-state index in [0.717, 1.165) is 27.6 Å². The molecule has 0 bridgehead atoms. The largest absolute Gasteiger partial charge is 0.383 e. The third-order valence-corrected chi connectivity index (χ3v) is 5.44. The van der Waals surface area contributed by atoms with E-state index in [9.17, 15) is 4.79 Å². The first-order valence-corrected chi connectivity index (χ1v) is 8.74. The standard InChI is InChI=1S/C20H21N5O/c1-10-4-5-22-8-14(10)16-6-13-7-17(23-9-15(13)19(21)24-16)25-20(26)18-11(2)12(18)3/h4-9,11-12,18H,1-3H3,(H2,21,24)(H,23,25,26)/t11-,12+,18+. The molecule has 0 radical (unpaired) electrons. The summed E-state index contributed by atoms with van der Waals surface area (Å²) in [5, 5.41) is 4.58. The summed E-state index contributed by atoms with van der Waals surface area (Å²) in [7, 11) is 0. The van der Waals surface area contributed by atoms with Gasteiger partial charge in [-0.3, -0.25) is 9.78 Å². The summed E-state index contributed by atoms with van der Waals surface area (Å²) in [6.45, 7) is 6.20. The Hall–Kier alpha value is -3.02. The monoisotopic (exact) mass is 347 g/mol. The minimum atomic E-state index is 0.0298. The van der Waals surface area contributed by atoms with Crippen molar-refractivity contribution in [2.45, 2.75) is 20.8 Å². The molecule has 6 nitrogen and oxygen atoms in total. The number of fused-ring (bicyclic) bond motifs is 1. The molecule has 1 aliphatic rings. The summed E-state index contributed by atoms with van der Waals surface area (Å²) in [6, 6.07) is 5.74. The number of aromatic nitrogens is 3. The number of rotatable bonds is 3. The van der Waals surface area contributed by atoms with Gasteiger partial charge in [0.1, 0.15) is 11.6 Å². The first-order valence-electron chi connectivity index (χ1n) is 8.74. The van der Waals surface area contributed by atoms with Crippen LogP contribution in [0.1, 0.15) is 19.4 Å². The third kappa shape index (κ3) is 2.77. The van der Waals surface area contributed by atoms with Crippen LogP contribution >= 0.6 is 0 Å². The summed E-state index contributed by atoms with van der Waals surface area (Å²) >= 11 is 0. The van der Waals surface area contributed by atoms with E-state index in [2.05, 4.69) is 34.1 Å². The van der Waals surface area contributed by atoms with Crippen LogP contribution in [0.4, 0.5) is 11.6 Å². The van der Waals surface area contributed by atoms with Gasteiger partial charge in [-0.15, -0.1) is 0 Å². The van der Waals surface area contributed by atoms with E-state index in [-0.39, 0.29) is 11.8 Å². The number of carbonyl (C=O) groups is 1. The Bertz CT molecular complexity index is 1010. The lowest BCUT2D eigenvalue weighted by atomic mass is 10.1. The highest BCUT2D eigenvalue weighted by Gasteiger charge is 2.48. The molecule has 3 N–H and O–H groups in total. The van der Waals surface area contributed by atoms with Gasteiger partial charge in [0.15, 0.2) is 0 Å². The van der Waals surface area contributed by atoms with Crippen molar-refractivity contribution in [1.29, 1.82) is 0 Å². The Morgan fingerprint density at radius 1 is 1.19 bits per heavy atom. The number of nitrogens with two attached hydrogens (primary N) is 1. The maximum atomic E-state index is 12.3. The first kappa shape index (κ1) is 16.4. The lowest BCUT2D eigenvalue weighted by molar-refractivity contribution is -0.117. The number of amides is 1. The van der Waals surface area contributed by atoms with Gasteiger partial charge in [-0.05, 0) is 47.9 Å². The van der Waals surface area contributed by atoms with Crippen LogP contribution in [0.3, 0.4) is 0 Å². The quantitative estimate of drug-likeness (QED) is 0.757. The highest BCUT2D eigenvalue weighted by Crippen LogP contribution is 2.45. The highest BCUT2D eigenvalue weighted by atomic mass is 16.2. The predicted octanol–water partition coefficient (Wildman–Crippen LogP) is 3.42. The molecule has 3 heterocycles. The molecule has 132 valence electrons. The molecule has 3 aromatic heterocycles. The van der Waals surface area contributed by atoms with Crippen molar-refractivity contribution < 1.29 is 4.79 Å². The molecule has 0 aromatic carbocycles. The number of carbonyl (C=O) groups excluding carboxylic acids is 1. The third-order valence-electron chi connectivity index (χ3n) is 5.44. The molecule has 1 aliphatic carbocycles. The second-order valence-electron chi connectivity index (χ2n) is 7.11.